The van der Waals surface area contributed by atoms with E-state index in [4.69, 9.17) is 28.9 Å². The average Bonchev–Trinajstić information content (AvgIpc) is 3.82. The van der Waals surface area contributed by atoms with Gasteiger partial charge in [0.2, 0.25) is 0 Å². The number of nitrogens with zero attached hydrogens (tertiary/aromatic N) is 4. The smallest absolute Gasteiger partial charge is 0.407 e. The number of rotatable bonds is 6. The number of ketones is 1. The van der Waals surface area contributed by atoms with Gasteiger partial charge in [0.1, 0.15) is 28.6 Å². The number of alkyl carbamates (subject to hydrolysis) is 1. The molecular formula is C52H74N6O11. The van der Waals surface area contributed by atoms with Crippen LogP contribution in [0, 0.1) is 36.5 Å². The highest BCUT2D eigenvalue weighted by molar-refractivity contribution is 6.19. The zero-order valence-corrected chi connectivity index (χ0v) is 42.2. The molecule has 17 heteroatoms. The summed E-state index contributed by atoms with van der Waals surface area (Å²) in [5.74, 6) is -6.04. The van der Waals surface area contributed by atoms with E-state index in [0.29, 0.717) is 31.8 Å². The van der Waals surface area contributed by atoms with Gasteiger partial charge in [-0.2, -0.15) is 0 Å². The van der Waals surface area contributed by atoms with Gasteiger partial charge in [0.25, 0.3) is 11.7 Å². The molecule has 2 amide bonds. The Morgan fingerprint density at radius 1 is 0.928 bits per heavy atom. The second-order valence-electron chi connectivity index (χ2n) is 20.6. The number of likely N-dealkylation sites (tertiary alicyclic amines) is 2. The third-order valence-electron chi connectivity index (χ3n) is 15.2. The molecule has 378 valence electrons. The number of carbonyl (C=O) groups is 3. The maximum Gasteiger partial charge on any atom is 0.407 e. The van der Waals surface area contributed by atoms with Gasteiger partial charge < -0.3 is 59.8 Å². The van der Waals surface area contributed by atoms with Crippen molar-refractivity contribution in [3.63, 3.8) is 0 Å². The van der Waals surface area contributed by atoms with E-state index in [1.807, 2.05) is 6.92 Å². The first-order chi connectivity index (χ1) is 32.6. The molecule has 0 aliphatic carbocycles. The lowest BCUT2D eigenvalue weighted by Crippen LogP contribution is -2.50. The molecule has 2 aromatic rings. The Hall–Kier alpha value is -5.07. The number of aromatic hydroxyl groups is 2. The number of aliphatic hydroxyl groups excluding tert-OH is 2. The standard InChI is InChI=1S/C52H74N6O11/c1-12-57-21-16-34(17-22-57)53-50(65)68-46-30(6)35(66-11)18-25-67-51(10)48(63)38-36-37(44(61)33(9)47(38)69-51)45(62)41(40-39(36)55-52(56-40)19-23-58(24-20-52)26-27(2)3)54-49(64)29(5)15-13-14-28(4)42(59)31(7)43(60)32(46)8/h13-15,18,25,27-28,30-32,34-35,42-43,46,59-62H,12,16-17,19-24,26H2,1-11H3,(H,53,65)(H,54,64)/b14-13+,25-18+,29-15-/t28-,30+,31+,32+,35-,42-,43+,46+,51-/m0/s1. The van der Waals surface area contributed by atoms with Crippen molar-refractivity contribution in [2.45, 2.75) is 137 Å². The molecule has 5 bridgehead atoms. The Morgan fingerprint density at radius 3 is 2.23 bits per heavy atom. The zero-order valence-electron chi connectivity index (χ0n) is 42.2. The van der Waals surface area contributed by atoms with E-state index in [-0.39, 0.29) is 61.4 Å². The number of aliphatic hydroxyl groups is 2. The van der Waals surface area contributed by atoms with E-state index in [1.165, 1.54) is 20.3 Å². The lowest BCUT2D eigenvalue weighted by Gasteiger charge is -2.38. The highest BCUT2D eigenvalue weighted by atomic mass is 16.7. The first-order valence-electron chi connectivity index (χ1n) is 24.7. The van der Waals surface area contributed by atoms with Gasteiger partial charge in [-0.3, -0.25) is 19.6 Å². The molecule has 0 saturated carbocycles. The van der Waals surface area contributed by atoms with Crippen molar-refractivity contribution in [2.75, 3.05) is 51.7 Å². The van der Waals surface area contributed by atoms with Crippen LogP contribution in [0.25, 0.3) is 10.8 Å². The number of allylic oxidation sites excluding steroid dienone is 2. The number of hydrogen-bond acceptors (Lipinski definition) is 15. The quantitative estimate of drug-likeness (QED) is 0.200. The predicted molar refractivity (Wildman–Crippen MR) is 261 cm³/mol. The molecule has 2 saturated heterocycles. The summed E-state index contributed by atoms with van der Waals surface area (Å²) in [6, 6.07) is -0.0883. The van der Waals surface area contributed by atoms with Crippen molar-refractivity contribution >= 4 is 34.2 Å². The molecule has 1 spiro atoms. The average molecular weight is 959 g/mol. The van der Waals surface area contributed by atoms with E-state index in [9.17, 15) is 34.8 Å². The molecule has 17 nitrogen and oxygen atoms in total. The summed E-state index contributed by atoms with van der Waals surface area (Å²) in [6.45, 7) is 23.1. The number of fused-ring (bicyclic) bond motifs is 13. The molecule has 6 N–H and O–H groups in total. The van der Waals surface area contributed by atoms with E-state index in [2.05, 4.69) is 41.2 Å². The molecule has 2 aromatic carbocycles. The molecule has 8 rings (SSSR count). The van der Waals surface area contributed by atoms with Crippen LogP contribution in [-0.4, -0.2) is 136 Å². The second-order valence-corrected chi connectivity index (χ2v) is 20.6. The fourth-order valence-corrected chi connectivity index (χ4v) is 10.7. The number of phenols is 2. The number of amides is 2. The monoisotopic (exact) mass is 959 g/mol. The van der Waals surface area contributed by atoms with Crippen LogP contribution in [0.1, 0.15) is 104 Å². The number of carbonyl (C=O) groups excluding carboxylic acids is 3. The van der Waals surface area contributed by atoms with Crippen LogP contribution in [0.2, 0.25) is 0 Å². The number of hydrogen-bond donors (Lipinski definition) is 6. The fourth-order valence-electron chi connectivity index (χ4n) is 10.7. The summed E-state index contributed by atoms with van der Waals surface area (Å²) in [4.78, 5) is 57.7. The van der Waals surface area contributed by atoms with Crippen LogP contribution >= 0.6 is 0 Å². The summed E-state index contributed by atoms with van der Waals surface area (Å²) >= 11 is 0. The lowest BCUT2D eigenvalue weighted by atomic mass is 9.78. The van der Waals surface area contributed by atoms with Crippen LogP contribution in [0.4, 0.5) is 10.5 Å². The summed E-state index contributed by atoms with van der Waals surface area (Å²) in [6.07, 6.45) is 5.85. The lowest BCUT2D eigenvalue weighted by molar-refractivity contribution is -0.112. The molecular weight excluding hydrogens is 885 g/mol. The van der Waals surface area contributed by atoms with Crippen molar-refractivity contribution < 1.29 is 53.8 Å². The van der Waals surface area contributed by atoms with Gasteiger partial charge in [0.15, 0.2) is 11.4 Å². The normalized spacial score (nSPS) is 32.1. The maximum absolute atomic E-state index is 14.9. The number of phenolic OH excluding ortho intramolecular Hbond substituents is 2. The molecule has 6 heterocycles. The first-order valence-corrected chi connectivity index (χ1v) is 24.7. The van der Waals surface area contributed by atoms with Gasteiger partial charge in [-0.1, -0.05) is 66.7 Å². The van der Waals surface area contributed by atoms with Crippen LogP contribution in [-0.2, 0) is 19.0 Å². The summed E-state index contributed by atoms with van der Waals surface area (Å²) in [5.41, 5.74) is -0.581. The minimum atomic E-state index is -1.98. The molecule has 6 aliphatic heterocycles. The third-order valence-corrected chi connectivity index (χ3v) is 15.2. The summed E-state index contributed by atoms with van der Waals surface area (Å²) in [5, 5.41) is 54.0. The first kappa shape index (κ1) is 51.8. The second kappa shape index (κ2) is 20.7. The maximum atomic E-state index is 14.9. The highest BCUT2D eigenvalue weighted by Gasteiger charge is 2.50. The van der Waals surface area contributed by atoms with E-state index >= 15 is 0 Å². The summed E-state index contributed by atoms with van der Waals surface area (Å²) in [7, 11) is 1.49. The van der Waals surface area contributed by atoms with Gasteiger partial charge in [-0.25, -0.2) is 4.79 Å². The number of piperidine rings is 2. The van der Waals surface area contributed by atoms with Crippen molar-refractivity contribution in [1.29, 1.82) is 0 Å². The van der Waals surface area contributed by atoms with E-state index in [1.54, 1.807) is 58.9 Å². The van der Waals surface area contributed by atoms with Crippen LogP contribution in [0.5, 0.6) is 17.2 Å². The molecule has 2 fully saturated rings. The van der Waals surface area contributed by atoms with Crippen LogP contribution in [0.15, 0.2) is 46.1 Å². The van der Waals surface area contributed by atoms with Gasteiger partial charge >= 0.3 is 11.9 Å². The van der Waals surface area contributed by atoms with Crippen LogP contribution < -0.4 is 26.1 Å². The highest BCUT2D eigenvalue weighted by Crippen LogP contribution is 2.50. The Morgan fingerprint density at radius 2 is 1.59 bits per heavy atom. The van der Waals surface area contributed by atoms with Crippen molar-refractivity contribution in [3.05, 3.63) is 58.0 Å². The van der Waals surface area contributed by atoms with Crippen molar-refractivity contribution in [2.24, 2.45) is 39.6 Å². The minimum absolute atomic E-state index is 0.0364. The van der Waals surface area contributed by atoms with E-state index < -0.39 is 83.1 Å². The molecule has 6 aliphatic rings. The van der Waals surface area contributed by atoms with Gasteiger partial charge in [-0.05, 0) is 45.2 Å². The molecule has 0 aromatic heterocycles. The number of Topliss-reactive ketones (excluding diaryl/α,β-unsaturated/α-hetero) is 1. The number of nitrogens with one attached hydrogen (secondary N) is 2. The Bertz CT molecular complexity index is 2510. The van der Waals surface area contributed by atoms with Crippen molar-refractivity contribution in [3.8, 4) is 17.2 Å². The molecule has 0 unspecified atom stereocenters. The SMILES string of the molecule is CCN1CCC(NC(=O)O[C@H]2[C@H](C)[C@H](O)[C@H](C)[C@@H](O)[C@@H](C)/C=C/C=C(/C)C(=O)Nc3c(O)c4c(O)c(C)c5c(c4c4c3=NC3(CCN(CC(C)C)CC3)N=4)C(=O)[C@@](C)(O/C=C/[C@H](OC)[C@H]2C)O5)CC1. The molecule has 9 atom stereocenters. The predicted octanol–water partition coefficient (Wildman–Crippen LogP) is 5.40. The number of ether oxygens (including phenoxy) is 4. The number of methoxy groups -OCH3 is 1. The fraction of sp³-hybridized carbons (Fsp3) is 0.635. The Labute approximate surface area is 405 Å². The van der Waals surface area contributed by atoms with Crippen molar-refractivity contribution in [1.82, 2.24) is 15.1 Å². The van der Waals surface area contributed by atoms with Gasteiger partial charge in [0, 0.05) is 106 Å². The zero-order chi connectivity index (χ0) is 50.3. The largest absolute Gasteiger partial charge is 0.507 e. The Balaban J connectivity index is 1.32. The van der Waals surface area contributed by atoms with E-state index in [0.717, 1.165) is 39.0 Å². The third kappa shape index (κ3) is 10.3. The Kier molecular flexibility index (Phi) is 15.5. The van der Waals surface area contributed by atoms with Gasteiger partial charge in [-0.15, -0.1) is 0 Å². The van der Waals surface area contributed by atoms with Gasteiger partial charge in [0.05, 0.1) is 40.9 Å². The number of anilines is 1. The molecule has 69 heavy (non-hydrogen) atoms. The molecule has 0 radical (unpaired) electrons. The number of benzene rings is 2. The topological polar surface area (TPSA) is 224 Å². The van der Waals surface area contributed by atoms with Crippen LogP contribution in [0.3, 0.4) is 0 Å². The summed E-state index contributed by atoms with van der Waals surface area (Å²) < 4.78 is 24.7. The minimum Gasteiger partial charge on any atom is -0.507 e.